The number of allylic oxidation sites excluding steroid dienone is 1. The molecule has 0 amide bonds. The number of carbonyl (C=O) groups excluding carboxylic acids is 2. The van der Waals surface area contributed by atoms with Gasteiger partial charge in [0.2, 0.25) is 5.79 Å². The highest BCUT2D eigenvalue weighted by atomic mass is 16.7. The average molecular weight is 294 g/mol. The minimum Gasteiger partial charge on any atom is -0.456 e. The molecule has 116 valence electrons. The summed E-state index contributed by atoms with van der Waals surface area (Å²) in [5.74, 6) is -1.16. The number of carbonyl (C=O) groups is 2. The van der Waals surface area contributed by atoms with Crippen molar-refractivity contribution in [3.63, 3.8) is 0 Å². The van der Waals surface area contributed by atoms with Crippen molar-refractivity contribution >= 4 is 11.8 Å². The Hall–Kier alpha value is -1.20. The van der Waals surface area contributed by atoms with Crippen LogP contribution in [0, 0.1) is 5.41 Å². The lowest BCUT2D eigenvalue weighted by molar-refractivity contribution is -0.330. The lowest BCUT2D eigenvalue weighted by Gasteiger charge is -2.53. The summed E-state index contributed by atoms with van der Waals surface area (Å²) in [4.78, 5) is 23.6. The third kappa shape index (κ3) is 2.23. The van der Waals surface area contributed by atoms with Gasteiger partial charge in [-0.3, -0.25) is 9.59 Å². The van der Waals surface area contributed by atoms with E-state index in [2.05, 4.69) is 0 Å². The first-order chi connectivity index (χ1) is 10.0. The lowest BCUT2D eigenvalue weighted by Crippen LogP contribution is -2.62. The molecule has 0 aromatic heterocycles. The molecule has 1 spiro atoms. The fourth-order valence-electron chi connectivity index (χ4n) is 3.97. The monoisotopic (exact) mass is 294 g/mol. The summed E-state index contributed by atoms with van der Waals surface area (Å²) in [6, 6.07) is 0. The van der Waals surface area contributed by atoms with E-state index in [0.717, 1.165) is 24.8 Å². The second-order valence-corrected chi connectivity index (χ2v) is 6.22. The Labute approximate surface area is 124 Å². The first kappa shape index (κ1) is 14.7. The van der Waals surface area contributed by atoms with Gasteiger partial charge in [0.15, 0.2) is 11.9 Å². The molecule has 0 aromatic rings. The van der Waals surface area contributed by atoms with E-state index in [1.165, 1.54) is 6.92 Å². The summed E-state index contributed by atoms with van der Waals surface area (Å²) in [6.07, 6.45) is 4.90. The van der Waals surface area contributed by atoms with E-state index in [4.69, 9.17) is 14.2 Å². The van der Waals surface area contributed by atoms with Crippen LogP contribution in [0.1, 0.15) is 46.0 Å². The van der Waals surface area contributed by atoms with Crippen molar-refractivity contribution in [3.05, 3.63) is 11.6 Å². The molecule has 0 N–H and O–H groups in total. The average Bonchev–Trinajstić information content (AvgIpc) is 2.80. The maximum atomic E-state index is 12.0. The maximum Gasteiger partial charge on any atom is 0.303 e. The predicted molar refractivity (Wildman–Crippen MR) is 74.5 cm³/mol. The Kier molecular flexibility index (Phi) is 3.66. The first-order valence-corrected chi connectivity index (χ1v) is 7.71. The minimum atomic E-state index is -0.887. The van der Waals surface area contributed by atoms with Gasteiger partial charge in [-0.1, -0.05) is 6.92 Å². The molecule has 0 saturated carbocycles. The summed E-state index contributed by atoms with van der Waals surface area (Å²) in [7, 11) is 0. The number of ether oxygens (including phenoxy) is 3. The molecule has 2 heterocycles. The highest BCUT2D eigenvalue weighted by Gasteiger charge is 2.62. The van der Waals surface area contributed by atoms with Crippen LogP contribution in [0.4, 0.5) is 0 Å². The van der Waals surface area contributed by atoms with Gasteiger partial charge in [0, 0.05) is 25.2 Å². The number of hydrogen-bond donors (Lipinski definition) is 0. The van der Waals surface area contributed by atoms with Gasteiger partial charge in [-0.15, -0.1) is 0 Å². The van der Waals surface area contributed by atoms with Crippen LogP contribution in [-0.2, 0) is 23.8 Å². The zero-order chi connectivity index (χ0) is 15.1. The van der Waals surface area contributed by atoms with E-state index in [0.29, 0.717) is 26.1 Å². The second kappa shape index (κ2) is 5.21. The molecular formula is C16H22O5. The molecule has 0 unspecified atom stereocenters. The molecule has 1 aliphatic carbocycles. The lowest BCUT2D eigenvalue weighted by atomic mass is 9.68. The quantitative estimate of drug-likeness (QED) is 0.730. The standard InChI is InChI=1S/C16H22O5/c1-3-15-9-13(18)8-12(15)10-20-16(6-4-5-7-19-16)14(15)21-11(2)17/h8,14H,3-7,9-10H2,1-2H3/t14-,15-,16+/m1/s1. The Bertz CT molecular complexity index is 489. The summed E-state index contributed by atoms with van der Waals surface area (Å²) in [6.45, 7) is 4.42. The molecule has 21 heavy (non-hydrogen) atoms. The molecule has 0 radical (unpaired) electrons. The van der Waals surface area contributed by atoms with Gasteiger partial charge < -0.3 is 14.2 Å². The van der Waals surface area contributed by atoms with Crippen LogP contribution < -0.4 is 0 Å². The van der Waals surface area contributed by atoms with Crippen LogP contribution in [0.5, 0.6) is 0 Å². The highest BCUT2D eigenvalue weighted by molar-refractivity contribution is 5.94. The van der Waals surface area contributed by atoms with Crippen molar-refractivity contribution in [2.24, 2.45) is 5.41 Å². The fraction of sp³-hybridized carbons (Fsp3) is 0.750. The smallest absolute Gasteiger partial charge is 0.303 e. The molecule has 2 aliphatic heterocycles. The van der Waals surface area contributed by atoms with Crippen molar-refractivity contribution in [1.29, 1.82) is 0 Å². The van der Waals surface area contributed by atoms with Crippen LogP contribution >= 0.6 is 0 Å². The molecule has 0 bridgehead atoms. The van der Waals surface area contributed by atoms with Gasteiger partial charge in [0.25, 0.3) is 0 Å². The molecular weight excluding hydrogens is 272 g/mol. The molecule has 3 atom stereocenters. The summed E-state index contributed by atoms with van der Waals surface area (Å²) < 4.78 is 17.6. The third-order valence-corrected chi connectivity index (χ3v) is 5.02. The van der Waals surface area contributed by atoms with Crippen molar-refractivity contribution in [2.45, 2.75) is 57.8 Å². The van der Waals surface area contributed by atoms with Gasteiger partial charge in [-0.25, -0.2) is 0 Å². The summed E-state index contributed by atoms with van der Waals surface area (Å²) in [5, 5.41) is 0. The Morgan fingerprint density at radius 2 is 2.24 bits per heavy atom. The van der Waals surface area contributed by atoms with E-state index in [-0.39, 0.29) is 11.8 Å². The van der Waals surface area contributed by atoms with E-state index < -0.39 is 17.3 Å². The number of esters is 1. The normalized spacial score (nSPS) is 39.0. The topological polar surface area (TPSA) is 61.8 Å². The Morgan fingerprint density at radius 3 is 2.86 bits per heavy atom. The van der Waals surface area contributed by atoms with E-state index in [1.54, 1.807) is 6.08 Å². The molecule has 5 heteroatoms. The zero-order valence-electron chi connectivity index (χ0n) is 12.6. The summed E-state index contributed by atoms with van der Waals surface area (Å²) >= 11 is 0. The van der Waals surface area contributed by atoms with Gasteiger partial charge in [0.1, 0.15) is 0 Å². The minimum absolute atomic E-state index is 0.0838. The van der Waals surface area contributed by atoms with Crippen molar-refractivity contribution < 1.29 is 23.8 Å². The van der Waals surface area contributed by atoms with Gasteiger partial charge >= 0.3 is 5.97 Å². The van der Waals surface area contributed by atoms with Crippen molar-refractivity contribution in [2.75, 3.05) is 13.2 Å². The van der Waals surface area contributed by atoms with Gasteiger partial charge in [-0.05, 0) is 30.9 Å². The van der Waals surface area contributed by atoms with Crippen LogP contribution in [0.3, 0.4) is 0 Å². The van der Waals surface area contributed by atoms with Crippen molar-refractivity contribution in [3.8, 4) is 0 Å². The Morgan fingerprint density at radius 1 is 1.43 bits per heavy atom. The largest absolute Gasteiger partial charge is 0.456 e. The number of ketones is 1. The molecule has 3 rings (SSSR count). The third-order valence-electron chi connectivity index (χ3n) is 5.02. The van der Waals surface area contributed by atoms with Gasteiger partial charge in [0.05, 0.1) is 13.2 Å². The van der Waals surface area contributed by atoms with E-state index in [9.17, 15) is 9.59 Å². The van der Waals surface area contributed by atoms with Crippen LogP contribution in [0.2, 0.25) is 0 Å². The fourth-order valence-corrected chi connectivity index (χ4v) is 3.97. The molecule has 3 aliphatic rings. The zero-order valence-corrected chi connectivity index (χ0v) is 12.6. The highest BCUT2D eigenvalue weighted by Crippen LogP contribution is 2.54. The molecule has 0 aromatic carbocycles. The molecule has 2 fully saturated rings. The Balaban J connectivity index is 2.02. The van der Waals surface area contributed by atoms with E-state index >= 15 is 0 Å². The summed E-state index contributed by atoms with van der Waals surface area (Å²) in [5.41, 5.74) is 0.485. The van der Waals surface area contributed by atoms with Crippen LogP contribution in [0.15, 0.2) is 11.6 Å². The van der Waals surface area contributed by atoms with Gasteiger partial charge in [-0.2, -0.15) is 0 Å². The SMILES string of the molecule is CC[C@@]12CC(=O)C=C1CO[C@@]1(CCCCO1)[C@@H]2OC(C)=O. The predicted octanol–water partition coefficient (Wildman–Crippen LogP) is 2.14. The maximum absolute atomic E-state index is 12.0. The second-order valence-electron chi connectivity index (χ2n) is 6.22. The number of hydrogen-bond acceptors (Lipinski definition) is 5. The first-order valence-electron chi connectivity index (χ1n) is 7.71. The number of fused-ring (bicyclic) bond motifs is 1. The molecule has 5 nitrogen and oxygen atoms in total. The number of rotatable bonds is 2. The van der Waals surface area contributed by atoms with Crippen LogP contribution in [-0.4, -0.2) is 36.9 Å². The van der Waals surface area contributed by atoms with E-state index in [1.807, 2.05) is 6.92 Å². The van der Waals surface area contributed by atoms with Crippen LogP contribution in [0.25, 0.3) is 0 Å². The van der Waals surface area contributed by atoms with Crippen molar-refractivity contribution in [1.82, 2.24) is 0 Å². The molecule has 2 saturated heterocycles.